The maximum Gasteiger partial charge on any atom is 0.416 e. The molecule has 0 aromatic heterocycles. The van der Waals surface area contributed by atoms with Crippen LogP contribution in [0.3, 0.4) is 0 Å². The molecule has 3 aromatic carbocycles. The van der Waals surface area contributed by atoms with Crippen molar-refractivity contribution in [3.05, 3.63) is 95.4 Å². The van der Waals surface area contributed by atoms with Gasteiger partial charge in [0.05, 0.1) is 26.2 Å². The number of hydrogen-bond donors (Lipinski definition) is 1. The lowest BCUT2D eigenvalue weighted by Gasteiger charge is -2.11. The quantitative estimate of drug-likeness (QED) is 0.169. The summed E-state index contributed by atoms with van der Waals surface area (Å²) in [6.45, 7) is 0.290. The molecular weight excluding hydrogens is 595 g/mol. The Morgan fingerprint density at radius 2 is 1.82 bits per heavy atom. The highest BCUT2D eigenvalue weighted by atomic mass is 79.9. The summed E-state index contributed by atoms with van der Waals surface area (Å²) in [5, 5.41) is 15.3. The first kappa shape index (κ1) is 25.0. The highest BCUT2D eigenvalue weighted by Crippen LogP contribution is 2.36. The molecule has 0 fully saturated rings. The minimum absolute atomic E-state index is 0.191. The third kappa shape index (κ3) is 6.68. The number of benzene rings is 3. The normalized spacial score (nSPS) is 11.6. The van der Waals surface area contributed by atoms with E-state index in [1.54, 1.807) is 12.1 Å². The Morgan fingerprint density at radius 3 is 2.42 bits per heavy atom. The third-order valence-corrected chi connectivity index (χ3v) is 5.64. The van der Waals surface area contributed by atoms with Gasteiger partial charge in [0, 0.05) is 10.5 Å². The molecular formula is C21H13Br2ClF3N3O3. The molecule has 0 radical (unpaired) electrons. The molecule has 0 saturated carbocycles. The Morgan fingerprint density at radius 1 is 1.12 bits per heavy atom. The number of hydrogen-bond acceptors (Lipinski definition) is 5. The molecule has 0 aliphatic carbocycles. The van der Waals surface area contributed by atoms with Crippen molar-refractivity contribution in [2.24, 2.45) is 5.10 Å². The Hall–Kier alpha value is -2.63. The molecule has 0 spiro atoms. The fourth-order valence-electron chi connectivity index (χ4n) is 2.66. The van der Waals surface area contributed by atoms with Gasteiger partial charge in [-0.15, -0.1) is 0 Å². The first-order valence-corrected chi connectivity index (χ1v) is 11.0. The number of halogens is 6. The molecule has 6 nitrogen and oxygen atoms in total. The number of anilines is 1. The third-order valence-electron chi connectivity index (χ3n) is 4.24. The summed E-state index contributed by atoms with van der Waals surface area (Å²) in [5.74, 6) is 0.420. The number of rotatable bonds is 7. The van der Waals surface area contributed by atoms with Crippen LogP contribution in [0, 0.1) is 10.1 Å². The largest absolute Gasteiger partial charge is 0.486 e. The van der Waals surface area contributed by atoms with Crippen LogP contribution in [0.2, 0.25) is 5.02 Å². The average molecular weight is 608 g/mol. The van der Waals surface area contributed by atoms with Gasteiger partial charge in [0.15, 0.2) is 5.75 Å². The lowest BCUT2D eigenvalue weighted by Crippen LogP contribution is -2.06. The first-order chi connectivity index (χ1) is 15.5. The van der Waals surface area contributed by atoms with Crippen molar-refractivity contribution in [3.63, 3.8) is 0 Å². The van der Waals surface area contributed by atoms with E-state index in [1.165, 1.54) is 6.21 Å². The Kier molecular flexibility index (Phi) is 7.98. The van der Waals surface area contributed by atoms with Gasteiger partial charge in [-0.25, -0.2) is 0 Å². The van der Waals surface area contributed by atoms with Crippen molar-refractivity contribution in [1.29, 1.82) is 0 Å². The van der Waals surface area contributed by atoms with Gasteiger partial charge in [0.25, 0.3) is 5.69 Å². The van der Waals surface area contributed by atoms with Crippen LogP contribution in [0.15, 0.2) is 68.6 Å². The van der Waals surface area contributed by atoms with E-state index in [4.69, 9.17) is 16.3 Å². The lowest BCUT2D eigenvalue weighted by atomic mass is 10.1. The summed E-state index contributed by atoms with van der Waals surface area (Å²) >= 11 is 13.1. The van der Waals surface area contributed by atoms with Crippen LogP contribution in [0.4, 0.5) is 24.5 Å². The summed E-state index contributed by atoms with van der Waals surface area (Å²) in [4.78, 5) is 10.2. The fourth-order valence-corrected chi connectivity index (χ4v) is 3.91. The van der Waals surface area contributed by atoms with Gasteiger partial charge in [-0.05, 0) is 63.5 Å². The number of nitro groups is 1. The summed E-state index contributed by atoms with van der Waals surface area (Å²) in [5.41, 5.74) is 1.78. The molecule has 33 heavy (non-hydrogen) atoms. The minimum atomic E-state index is -4.70. The van der Waals surface area contributed by atoms with E-state index in [2.05, 4.69) is 42.4 Å². The topological polar surface area (TPSA) is 76.8 Å². The van der Waals surface area contributed by atoms with E-state index >= 15 is 0 Å². The van der Waals surface area contributed by atoms with Crippen molar-refractivity contribution in [1.82, 2.24) is 0 Å². The number of ether oxygens (including phenoxy) is 1. The average Bonchev–Trinajstić information content (AvgIpc) is 2.73. The smallest absolute Gasteiger partial charge is 0.416 e. The van der Waals surface area contributed by atoms with Crippen LogP contribution in [-0.4, -0.2) is 11.1 Å². The molecule has 172 valence electrons. The highest BCUT2D eigenvalue weighted by molar-refractivity contribution is 9.10. The van der Waals surface area contributed by atoms with Gasteiger partial charge in [-0.2, -0.15) is 18.3 Å². The Balaban J connectivity index is 1.73. The van der Waals surface area contributed by atoms with Gasteiger partial charge in [0.2, 0.25) is 0 Å². The number of hydrazone groups is 1. The Labute approximate surface area is 207 Å². The SMILES string of the molecule is O=[N+]([O-])c1cc(C(F)(F)F)ccc1N/N=C\c1cc(Cl)c(OCc2ccc(Br)cc2)c(Br)c1. The standard InChI is InChI=1S/C21H13Br2ClF3N3O3/c22-15-4-1-12(2-5-15)11-33-20-16(23)7-13(8-17(20)24)10-28-29-18-6-3-14(21(25,26)27)9-19(18)30(31)32/h1-10,29H,11H2/b28-10-. The molecule has 0 heterocycles. The molecule has 0 unspecified atom stereocenters. The minimum Gasteiger partial charge on any atom is -0.486 e. The summed E-state index contributed by atoms with van der Waals surface area (Å²) in [6, 6.07) is 12.9. The summed E-state index contributed by atoms with van der Waals surface area (Å²) in [6.07, 6.45) is -3.38. The van der Waals surface area contributed by atoms with Crippen molar-refractivity contribution in [3.8, 4) is 5.75 Å². The summed E-state index contributed by atoms with van der Waals surface area (Å²) < 4.78 is 45.7. The number of alkyl halides is 3. The maximum atomic E-state index is 12.8. The van der Waals surface area contributed by atoms with Crippen LogP contribution >= 0.6 is 43.5 Å². The predicted octanol–water partition coefficient (Wildman–Crippen LogP) is 7.82. The molecule has 0 bridgehead atoms. The fraction of sp³-hybridized carbons (Fsp3) is 0.0952. The highest BCUT2D eigenvalue weighted by Gasteiger charge is 2.33. The molecule has 1 N–H and O–H groups in total. The van der Waals surface area contributed by atoms with Gasteiger partial charge < -0.3 is 4.74 Å². The van der Waals surface area contributed by atoms with Gasteiger partial charge in [-0.3, -0.25) is 15.5 Å². The van der Waals surface area contributed by atoms with E-state index in [1.807, 2.05) is 24.3 Å². The molecule has 12 heteroatoms. The number of nitrogens with zero attached hydrogens (tertiary/aromatic N) is 2. The zero-order chi connectivity index (χ0) is 24.2. The van der Waals surface area contributed by atoms with Crippen LogP contribution < -0.4 is 10.2 Å². The molecule has 0 aliphatic heterocycles. The maximum absolute atomic E-state index is 12.8. The predicted molar refractivity (Wildman–Crippen MR) is 127 cm³/mol. The van der Waals surface area contributed by atoms with Crippen molar-refractivity contribution in [2.45, 2.75) is 12.8 Å². The van der Waals surface area contributed by atoms with E-state index < -0.39 is 22.4 Å². The Bertz CT molecular complexity index is 1180. The van der Waals surface area contributed by atoms with Crippen molar-refractivity contribution >= 4 is 61.1 Å². The molecule has 0 amide bonds. The van der Waals surface area contributed by atoms with E-state index in [-0.39, 0.29) is 12.3 Å². The second kappa shape index (κ2) is 10.5. The lowest BCUT2D eigenvalue weighted by molar-refractivity contribution is -0.384. The van der Waals surface area contributed by atoms with Gasteiger partial charge >= 0.3 is 6.18 Å². The van der Waals surface area contributed by atoms with Gasteiger partial charge in [-0.1, -0.05) is 39.7 Å². The monoisotopic (exact) mass is 605 g/mol. The van der Waals surface area contributed by atoms with E-state index in [9.17, 15) is 23.3 Å². The first-order valence-electron chi connectivity index (χ1n) is 9.05. The van der Waals surface area contributed by atoms with E-state index in [0.29, 0.717) is 26.9 Å². The zero-order valence-corrected chi connectivity index (χ0v) is 20.3. The molecule has 0 aliphatic rings. The number of nitro benzene ring substituents is 1. The zero-order valence-electron chi connectivity index (χ0n) is 16.4. The second-order valence-corrected chi connectivity index (χ2v) is 8.76. The second-order valence-electron chi connectivity index (χ2n) is 6.59. The van der Waals surface area contributed by atoms with E-state index in [0.717, 1.165) is 22.2 Å². The molecule has 0 saturated heterocycles. The van der Waals surface area contributed by atoms with Crippen LogP contribution in [0.1, 0.15) is 16.7 Å². The molecule has 0 atom stereocenters. The summed E-state index contributed by atoms with van der Waals surface area (Å²) in [7, 11) is 0. The van der Waals surface area contributed by atoms with Crippen LogP contribution in [0.25, 0.3) is 0 Å². The molecule has 3 rings (SSSR count). The van der Waals surface area contributed by atoms with Crippen molar-refractivity contribution in [2.75, 3.05) is 5.43 Å². The van der Waals surface area contributed by atoms with Crippen LogP contribution in [-0.2, 0) is 12.8 Å². The van der Waals surface area contributed by atoms with Gasteiger partial charge in [0.1, 0.15) is 12.3 Å². The van der Waals surface area contributed by atoms with Crippen molar-refractivity contribution < 1.29 is 22.8 Å². The van der Waals surface area contributed by atoms with Crippen LogP contribution in [0.5, 0.6) is 5.75 Å². The molecule has 3 aromatic rings. The number of nitrogens with one attached hydrogen (secondary N) is 1.